The maximum absolute atomic E-state index is 11.1. The molecule has 0 fully saturated rings. The number of carbonyl (C=O) groups is 2. The minimum absolute atomic E-state index is 0.0624. The molecule has 0 aromatic carbocycles. The summed E-state index contributed by atoms with van der Waals surface area (Å²) in [6, 6.07) is 0. The van der Waals surface area contributed by atoms with Crippen molar-refractivity contribution in [3.05, 3.63) is 0 Å². The van der Waals surface area contributed by atoms with Crippen molar-refractivity contribution >= 4 is 11.8 Å². The van der Waals surface area contributed by atoms with Crippen molar-refractivity contribution in [3.63, 3.8) is 0 Å². The Balaban J connectivity index is 3.18. The Morgan fingerprint density at radius 1 is 0.882 bits per heavy atom. The van der Waals surface area contributed by atoms with Crippen LogP contribution < -0.4 is 10.6 Å². The first-order chi connectivity index (χ1) is 8.20. The lowest BCUT2D eigenvalue weighted by Gasteiger charge is -2.07. The molecule has 0 aliphatic heterocycles. The Morgan fingerprint density at radius 2 is 1.29 bits per heavy atom. The fourth-order valence-electron chi connectivity index (χ4n) is 1.26. The highest BCUT2D eigenvalue weighted by atomic mass is 16.5. The third-order valence-electron chi connectivity index (χ3n) is 2.09. The van der Waals surface area contributed by atoms with Gasteiger partial charge >= 0.3 is 0 Å². The van der Waals surface area contributed by atoms with Crippen LogP contribution in [0.1, 0.15) is 39.5 Å². The molecule has 17 heavy (non-hydrogen) atoms. The van der Waals surface area contributed by atoms with Gasteiger partial charge in [-0.25, -0.2) is 0 Å². The molecule has 0 aliphatic carbocycles. The maximum Gasteiger partial charge on any atom is 0.220 e. The van der Waals surface area contributed by atoms with Crippen molar-refractivity contribution in [2.24, 2.45) is 0 Å². The summed E-state index contributed by atoms with van der Waals surface area (Å²) in [5.41, 5.74) is 0. The average Bonchev–Trinajstić information content (AvgIpc) is 2.28. The van der Waals surface area contributed by atoms with Crippen molar-refractivity contribution in [2.75, 3.05) is 26.3 Å². The topological polar surface area (TPSA) is 67.4 Å². The molecule has 0 aliphatic rings. The average molecular weight is 244 g/mol. The molecule has 0 rings (SSSR count). The van der Waals surface area contributed by atoms with Crippen molar-refractivity contribution in [1.29, 1.82) is 0 Å². The van der Waals surface area contributed by atoms with Crippen LogP contribution in [0.25, 0.3) is 0 Å². The van der Waals surface area contributed by atoms with E-state index in [0.717, 1.165) is 12.8 Å². The third-order valence-corrected chi connectivity index (χ3v) is 2.09. The quantitative estimate of drug-likeness (QED) is 0.559. The van der Waals surface area contributed by atoms with E-state index in [0.29, 0.717) is 39.1 Å². The Kier molecular flexibility index (Phi) is 10.7. The van der Waals surface area contributed by atoms with Gasteiger partial charge in [-0.15, -0.1) is 0 Å². The Hall–Kier alpha value is -1.10. The maximum atomic E-state index is 11.1. The molecule has 0 aromatic heterocycles. The molecule has 2 amide bonds. The van der Waals surface area contributed by atoms with Gasteiger partial charge in [0.2, 0.25) is 11.8 Å². The van der Waals surface area contributed by atoms with Crippen LogP contribution in [-0.2, 0) is 14.3 Å². The number of hydrogen-bond acceptors (Lipinski definition) is 3. The molecule has 0 heterocycles. The number of carbonyl (C=O) groups excluding carboxylic acids is 2. The lowest BCUT2D eigenvalue weighted by atomic mass is 10.3. The van der Waals surface area contributed by atoms with E-state index in [-0.39, 0.29) is 11.8 Å². The van der Waals surface area contributed by atoms with E-state index >= 15 is 0 Å². The highest BCUT2D eigenvalue weighted by molar-refractivity contribution is 5.76. The molecule has 5 heteroatoms. The highest BCUT2D eigenvalue weighted by Gasteiger charge is 1.99. The largest absolute Gasteiger partial charge is 0.378 e. The molecule has 0 spiro atoms. The number of amides is 2. The molecule has 0 unspecified atom stereocenters. The summed E-state index contributed by atoms with van der Waals surface area (Å²) in [4.78, 5) is 22.1. The summed E-state index contributed by atoms with van der Waals surface area (Å²) in [5.74, 6) is 0.125. The van der Waals surface area contributed by atoms with Gasteiger partial charge in [-0.2, -0.15) is 0 Å². The fourth-order valence-corrected chi connectivity index (χ4v) is 1.26. The minimum atomic E-state index is 0.0624. The predicted octanol–water partition coefficient (Wildman–Crippen LogP) is 0.836. The first-order valence-electron chi connectivity index (χ1n) is 6.31. The van der Waals surface area contributed by atoms with Crippen LogP contribution in [0.15, 0.2) is 0 Å². The van der Waals surface area contributed by atoms with Gasteiger partial charge in [0.1, 0.15) is 0 Å². The summed E-state index contributed by atoms with van der Waals surface area (Å²) in [6.45, 7) is 5.96. The first kappa shape index (κ1) is 15.9. The number of hydrogen-bond donors (Lipinski definition) is 2. The lowest BCUT2D eigenvalue weighted by Crippen LogP contribution is -2.29. The van der Waals surface area contributed by atoms with Crippen LogP contribution in [0.5, 0.6) is 0 Å². The van der Waals surface area contributed by atoms with Crippen LogP contribution in [-0.4, -0.2) is 38.1 Å². The van der Waals surface area contributed by atoms with E-state index in [1.807, 2.05) is 13.8 Å². The minimum Gasteiger partial charge on any atom is -0.378 e. The second kappa shape index (κ2) is 11.4. The zero-order chi connectivity index (χ0) is 12.9. The van der Waals surface area contributed by atoms with E-state index in [4.69, 9.17) is 4.74 Å². The highest BCUT2D eigenvalue weighted by Crippen LogP contribution is 1.86. The van der Waals surface area contributed by atoms with Crippen LogP contribution in [0.4, 0.5) is 0 Å². The summed E-state index contributed by atoms with van der Waals surface area (Å²) in [6.07, 6.45) is 2.84. The summed E-state index contributed by atoms with van der Waals surface area (Å²) in [7, 11) is 0. The van der Waals surface area contributed by atoms with Gasteiger partial charge in [0.05, 0.1) is 13.2 Å². The van der Waals surface area contributed by atoms with Crippen molar-refractivity contribution in [3.8, 4) is 0 Å². The molecule has 100 valence electrons. The van der Waals surface area contributed by atoms with Gasteiger partial charge in [-0.3, -0.25) is 9.59 Å². The van der Waals surface area contributed by atoms with Crippen LogP contribution >= 0.6 is 0 Å². The van der Waals surface area contributed by atoms with Gasteiger partial charge in [-0.05, 0) is 12.8 Å². The van der Waals surface area contributed by atoms with E-state index in [9.17, 15) is 9.59 Å². The molecule has 0 radical (unpaired) electrons. The molecule has 5 nitrogen and oxygen atoms in total. The molecule has 0 saturated carbocycles. The fraction of sp³-hybridized carbons (Fsp3) is 0.833. The second-order valence-corrected chi connectivity index (χ2v) is 3.81. The standard InChI is InChI=1S/C12H24N2O3/c1-3-5-11(15)13-7-9-17-10-8-14-12(16)6-4-2/h3-10H2,1-2H3,(H,13,15)(H,14,16). The van der Waals surface area contributed by atoms with Gasteiger partial charge in [-0.1, -0.05) is 13.8 Å². The van der Waals surface area contributed by atoms with E-state index in [1.165, 1.54) is 0 Å². The molecular formula is C12H24N2O3. The van der Waals surface area contributed by atoms with Gasteiger partial charge < -0.3 is 15.4 Å². The summed E-state index contributed by atoms with van der Waals surface area (Å²) >= 11 is 0. The third kappa shape index (κ3) is 11.2. The normalized spacial score (nSPS) is 10.0. The van der Waals surface area contributed by atoms with Gasteiger partial charge in [0, 0.05) is 25.9 Å². The molecule has 0 saturated heterocycles. The Morgan fingerprint density at radius 3 is 1.65 bits per heavy atom. The smallest absolute Gasteiger partial charge is 0.220 e. The SMILES string of the molecule is CCCC(=O)NCCOCCNC(=O)CCC. The molecule has 2 N–H and O–H groups in total. The Labute approximate surface area is 103 Å². The van der Waals surface area contributed by atoms with Crippen molar-refractivity contribution in [2.45, 2.75) is 39.5 Å². The first-order valence-corrected chi connectivity index (χ1v) is 6.31. The van der Waals surface area contributed by atoms with Gasteiger partial charge in [0.25, 0.3) is 0 Å². The zero-order valence-electron chi connectivity index (χ0n) is 10.9. The lowest BCUT2D eigenvalue weighted by molar-refractivity contribution is -0.121. The summed E-state index contributed by atoms with van der Waals surface area (Å²) < 4.78 is 5.26. The molecular weight excluding hydrogens is 220 g/mol. The molecule has 0 aromatic rings. The predicted molar refractivity (Wildman–Crippen MR) is 66.7 cm³/mol. The summed E-state index contributed by atoms with van der Waals surface area (Å²) in [5, 5.41) is 5.50. The molecule has 0 atom stereocenters. The molecule has 0 bridgehead atoms. The number of nitrogens with one attached hydrogen (secondary N) is 2. The van der Waals surface area contributed by atoms with Crippen LogP contribution in [0, 0.1) is 0 Å². The van der Waals surface area contributed by atoms with Gasteiger partial charge in [0.15, 0.2) is 0 Å². The number of ether oxygens (including phenoxy) is 1. The van der Waals surface area contributed by atoms with E-state index in [2.05, 4.69) is 10.6 Å². The van der Waals surface area contributed by atoms with Crippen molar-refractivity contribution in [1.82, 2.24) is 10.6 Å². The van der Waals surface area contributed by atoms with E-state index < -0.39 is 0 Å². The van der Waals surface area contributed by atoms with Crippen molar-refractivity contribution < 1.29 is 14.3 Å². The second-order valence-electron chi connectivity index (χ2n) is 3.81. The van der Waals surface area contributed by atoms with Crippen LogP contribution in [0.2, 0.25) is 0 Å². The van der Waals surface area contributed by atoms with Crippen LogP contribution in [0.3, 0.4) is 0 Å². The van der Waals surface area contributed by atoms with E-state index in [1.54, 1.807) is 0 Å². The number of rotatable bonds is 10. The zero-order valence-corrected chi connectivity index (χ0v) is 10.9. The monoisotopic (exact) mass is 244 g/mol. The Bertz CT molecular complexity index is 198.